The number of hydrogen-bond donors (Lipinski definition) is 0. The third kappa shape index (κ3) is 7.23. The molecule has 178 valence electrons. The van der Waals surface area contributed by atoms with E-state index in [1.54, 1.807) is 24.3 Å². The summed E-state index contributed by atoms with van der Waals surface area (Å²) in [6.07, 6.45) is 3.70. The van der Waals surface area contributed by atoms with Crippen LogP contribution in [-0.4, -0.2) is 52.3 Å². The molecule has 0 saturated heterocycles. The predicted molar refractivity (Wildman–Crippen MR) is 119 cm³/mol. The summed E-state index contributed by atoms with van der Waals surface area (Å²) >= 11 is 0. The van der Waals surface area contributed by atoms with Gasteiger partial charge in [0.25, 0.3) is 0 Å². The Morgan fingerprint density at radius 1 is 0.529 bits per heavy atom. The maximum atomic E-state index is 12.1. The molecule has 0 aliphatic carbocycles. The van der Waals surface area contributed by atoms with Crippen LogP contribution in [0.4, 0.5) is 0 Å². The normalized spacial score (nSPS) is 10.6. The molecule has 0 saturated carbocycles. The molecule has 0 aliphatic heterocycles. The van der Waals surface area contributed by atoms with Crippen LogP contribution in [0.1, 0.15) is 0 Å². The number of esters is 4. The van der Waals surface area contributed by atoms with Crippen molar-refractivity contribution in [3.8, 4) is 34.1 Å². The molecule has 0 unspecified atom stereocenters. The van der Waals surface area contributed by atoms with E-state index < -0.39 is 23.9 Å². The van der Waals surface area contributed by atoms with Gasteiger partial charge in [-0.1, -0.05) is 12.1 Å². The SMILES string of the molecule is COC(=O)/C=C/C(=O)Oc1cc(-c2ccc(OC)c(OC(=O)/C=C/C(=O)OC)c2)ccc1OC. The number of rotatable bonds is 9. The lowest BCUT2D eigenvalue weighted by atomic mass is 10.0. The Bertz CT molecular complexity index is 1040. The van der Waals surface area contributed by atoms with Crippen molar-refractivity contribution >= 4 is 23.9 Å². The van der Waals surface area contributed by atoms with Gasteiger partial charge in [-0.3, -0.25) is 0 Å². The van der Waals surface area contributed by atoms with E-state index in [1.807, 2.05) is 0 Å². The van der Waals surface area contributed by atoms with Gasteiger partial charge in [0, 0.05) is 24.3 Å². The molecular formula is C24H22O10. The van der Waals surface area contributed by atoms with Crippen LogP contribution < -0.4 is 18.9 Å². The van der Waals surface area contributed by atoms with Gasteiger partial charge < -0.3 is 28.4 Å². The van der Waals surface area contributed by atoms with Crippen molar-refractivity contribution in [2.45, 2.75) is 0 Å². The summed E-state index contributed by atoms with van der Waals surface area (Å²) in [5.74, 6) is -2.32. The monoisotopic (exact) mass is 470 g/mol. The zero-order valence-electron chi connectivity index (χ0n) is 18.9. The van der Waals surface area contributed by atoms with E-state index >= 15 is 0 Å². The molecule has 0 bridgehead atoms. The van der Waals surface area contributed by atoms with E-state index in [4.69, 9.17) is 18.9 Å². The minimum atomic E-state index is -0.817. The van der Waals surface area contributed by atoms with Gasteiger partial charge in [-0.25, -0.2) is 19.2 Å². The van der Waals surface area contributed by atoms with Gasteiger partial charge >= 0.3 is 23.9 Å². The molecule has 10 nitrogen and oxygen atoms in total. The molecule has 34 heavy (non-hydrogen) atoms. The molecule has 2 aromatic rings. The number of ether oxygens (including phenoxy) is 6. The molecule has 0 aliphatic rings. The summed E-state index contributed by atoms with van der Waals surface area (Å²) in [5, 5.41) is 0. The fourth-order valence-electron chi connectivity index (χ4n) is 2.57. The lowest BCUT2D eigenvalue weighted by Crippen LogP contribution is -2.07. The molecule has 0 atom stereocenters. The maximum Gasteiger partial charge on any atom is 0.336 e. The van der Waals surface area contributed by atoms with Gasteiger partial charge in [0.2, 0.25) is 0 Å². The van der Waals surface area contributed by atoms with Crippen molar-refractivity contribution in [3.05, 3.63) is 60.7 Å². The summed E-state index contributed by atoms with van der Waals surface area (Å²) in [4.78, 5) is 46.4. The van der Waals surface area contributed by atoms with E-state index in [0.29, 0.717) is 11.1 Å². The first kappa shape index (κ1) is 25.7. The van der Waals surface area contributed by atoms with E-state index in [2.05, 4.69) is 9.47 Å². The van der Waals surface area contributed by atoms with Crippen LogP contribution in [0.2, 0.25) is 0 Å². The molecule has 2 rings (SSSR count). The number of carbonyl (C=O) groups is 4. The van der Waals surface area contributed by atoms with E-state index in [1.165, 1.54) is 40.6 Å². The Morgan fingerprint density at radius 3 is 1.21 bits per heavy atom. The van der Waals surface area contributed by atoms with Gasteiger partial charge in [0.05, 0.1) is 28.4 Å². The average Bonchev–Trinajstić information content (AvgIpc) is 2.85. The highest BCUT2D eigenvalue weighted by atomic mass is 16.6. The standard InChI is InChI=1S/C24H22O10/c1-29-17-7-5-15(13-19(17)33-23(27)11-9-21(25)31-3)16-6-8-18(30-2)20(14-16)34-24(28)12-10-22(26)32-4/h5-14H,1-4H3/b11-9+,12-10+. The smallest absolute Gasteiger partial charge is 0.336 e. The van der Waals surface area contributed by atoms with Crippen LogP contribution in [0.15, 0.2) is 60.7 Å². The van der Waals surface area contributed by atoms with Crippen LogP contribution >= 0.6 is 0 Å². The average molecular weight is 470 g/mol. The third-order valence-corrected chi connectivity index (χ3v) is 4.20. The minimum Gasteiger partial charge on any atom is -0.493 e. The molecule has 2 aromatic carbocycles. The Balaban J connectivity index is 2.34. The summed E-state index contributed by atoms with van der Waals surface area (Å²) in [6, 6.07) is 9.63. The fraction of sp³-hybridized carbons (Fsp3) is 0.167. The highest BCUT2D eigenvalue weighted by Crippen LogP contribution is 2.36. The summed E-state index contributed by atoms with van der Waals surface area (Å²) < 4.78 is 29.9. The number of hydrogen-bond acceptors (Lipinski definition) is 10. The number of carbonyl (C=O) groups excluding carboxylic acids is 4. The first-order valence-electron chi connectivity index (χ1n) is 9.63. The second-order valence-electron chi connectivity index (χ2n) is 6.29. The quantitative estimate of drug-likeness (QED) is 0.307. The van der Waals surface area contributed by atoms with Gasteiger partial charge in [-0.2, -0.15) is 0 Å². The van der Waals surface area contributed by atoms with E-state index in [0.717, 1.165) is 24.3 Å². The zero-order valence-corrected chi connectivity index (χ0v) is 18.9. The molecule has 0 fully saturated rings. The zero-order chi connectivity index (χ0) is 25.1. The number of benzene rings is 2. The van der Waals surface area contributed by atoms with E-state index in [9.17, 15) is 19.2 Å². The summed E-state index contributed by atoms with van der Waals surface area (Å²) in [6.45, 7) is 0. The fourth-order valence-corrected chi connectivity index (χ4v) is 2.57. The Labute approximate surface area is 195 Å². The predicted octanol–water partition coefficient (Wildman–Crippen LogP) is 2.64. The molecule has 0 N–H and O–H groups in total. The van der Waals surface area contributed by atoms with Gasteiger partial charge in [-0.15, -0.1) is 0 Å². The van der Waals surface area contributed by atoms with Gasteiger partial charge in [-0.05, 0) is 35.4 Å². The van der Waals surface area contributed by atoms with Crippen LogP contribution in [0, 0.1) is 0 Å². The largest absolute Gasteiger partial charge is 0.493 e. The first-order valence-corrected chi connectivity index (χ1v) is 9.63. The second kappa shape index (κ2) is 12.4. The second-order valence-corrected chi connectivity index (χ2v) is 6.29. The molecule has 0 radical (unpaired) electrons. The highest BCUT2D eigenvalue weighted by Gasteiger charge is 2.14. The minimum absolute atomic E-state index is 0.0925. The Hall–Kier alpha value is -4.60. The topological polar surface area (TPSA) is 124 Å². The van der Waals surface area contributed by atoms with Crippen LogP contribution in [0.5, 0.6) is 23.0 Å². The van der Waals surface area contributed by atoms with Gasteiger partial charge in [0.15, 0.2) is 23.0 Å². The Kier molecular flexibility index (Phi) is 9.39. The van der Waals surface area contributed by atoms with Crippen LogP contribution in [0.3, 0.4) is 0 Å². The van der Waals surface area contributed by atoms with Crippen LogP contribution in [-0.2, 0) is 28.7 Å². The molecule has 10 heteroatoms. The lowest BCUT2D eigenvalue weighted by Gasteiger charge is -2.13. The van der Waals surface area contributed by atoms with Crippen molar-refractivity contribution in [2.75, 3.05) is 28.4 Å². The van der Waals surface area contributed by atoms with Gasteiger partial charge in [0.1, 0.15) is 0 Å². The number of methoxy groups -OCH3 is 4. The lowest BCUT2D eigenvalue weighted by molar-refractivity contribution is -0.136. The Morgan fingerprint density at radius 2 is 0.882 bits per heavy atom. The van der Waals surface area contributed by atoms with Crippen molar-refractivity contribution in [3.63, 3.8) is 0 Å². The molecule has 0 spiro atoms. The molecule has 0 heterocycles. The molecule has 0 aromatic heterocycles. The van der Waals surface area contributed by atoms with Crippen molar-refractivity contribution in [1.82, 2.24) is 0 Å². The molecule has 0 amide bonds. The summed E-state index contributed by atoms with van der Waals surface area (Å²) in [7, 11) is 5.17. The van der Waals surface area contributed by atoms with Crippen molar-refractivity contribution in [2.24, 2.45) is 0 Å². The maximum absolute atomic E-state index is 12.1. The first-order chi connectivity index (χ1) is 16.3. The third-order valence-electron chi connectivity index (χ3n) is 4.20. The highest BCUT2D eigenvalue weighted by molar-refractivity contribution is 5.93. The van der Waals surface area contributed by atoms with Crippen molar-refractivity contribution in [1.29, 1.82) is 0 Å². The van der Waals surface area contributed by atoms with E-state index in [-0.39, 0.29) is 23.0 Å². The summed E-state index contributed by atoms with van der Waals surface area (Å²) in [5.41, 5.74) is 1.18. The van der Waals surface area contributed by atoms with Crippen LogP contribution in [0.25, 0.3) is 11.1 Å². The molecular weight excluding hydrogens is 448 g/mol. The van der Waals surface area contributed by atoms with Crippen molar-refractivity contribution < 1.29 is 47.6 Å².